The van der Waals surface area contributed by atoms with Gasteiger partial charge in [0.25, 0.3) is 0 Å². The Morgan fingerprint density at radius 3 is 2.48 bits per heavy atom. The molecule has 0 N–H and O–H groups in total. The van der Waals surface area contributed by atoms with Crippen molar-refractivity contribution in [3.05, 3.63) is 35.9 Å². The molecule has 3 heteroatoms. The molecule has 0 unspecified atom stereocenters. The number of rotatable bonds is 6. The summed E-state index contributed by atoms with van der Waals surface area (Å²) in [5.41, 5.74) is 1.13. The molecule has 0 saturated heterocycles. The van der Waals surface area contributed by atoms with Crippen LogP contribution in [-0.4, -0.2) is 30.8 Å². The summed E-state index contributed by atoms with van der Waals surface area (Å²) < 4.78 is 5.59. The van der Waals surface area contributed by atoms with E-state index < -0.39 is 0 Å². The minimum absolute atomic E-state index is 0.0152. The Morgan fingerprint density at radius 2 is 1.86 bits per heavy atom. The number of hydrogen-bond donors (Lipinski definition) is 0. The summed E-state index contributed by atoms with van der Waals surface area (Å²) >= 11 is 0. The van der Waals surface area contributed by atoms with Gasteiger partial charge in [0.15, 0.2) is 0 Å². The lowest BCUT2D eigenvalue weighted by molar-refractivity contribution is -0.146. The average Bonchev–Trinajstić information content (AvgIpc) is 2.49. The van der Waals surface area contributed by atoms with Crippen LogP contribution >= 0.6 is 0 Å². The van der Waals surface area contributed by atoms with Crippen LogP contribution in [-0.2, 0) is 20.4 Å². The topological polar surface area (TPSA) is 26.3 Å². The second-order valence-electron chi connectivity index (χ2n) is 6.14. The molecule has 21 heavy (non-hydrogen) atoms. The molecular weight excluding hydrogens is 280 g/mol. The van der Waals surface area contributed by atoms with Crippen molar-refractivity contribution in [1.29, 1.82) is 0 Å². The lowest BCUT2D eigenvalue weighted by atomic mass is 9.77. The predicted octanol–water partition coefficient (Wildman–Crippen LogP) is 3.77. The molecule has 1 aromatic carbocycles. The summed E-state index contributed by atoms with van der Waals surface area (Å²) in [6, 6.07) is 10.2. The normalized spacial score (nSPS) is 17.7. The molecule has 1 saturated carbocycles. The van der Waals surface area contributed by atoms with Crippen molar-refractivity contribution in [1.82, 2.24) is 0 Å². The van der Waals surface area contributed by atoms with E-state index in [0.717, 1.165) is 24.2 Å². The quantitative estimate of drug-likeness (QED) is 0.591. The minimum Gasteiger partial charge on any atom is -0.460 e. The van der Waals surface area contributed by atoms with Crippen molar-refractivity contribution in [3.63, 3.8) is 0 Å². The van der Waals surface area contributed by atoms with Gasteiger partial charge >= 0.3 is 5.97 Å². The van der Waals surface area contributed by atoms with E-state index >= 15 is 0 Å². The third-order valence-electron chi connectivity index (χ3n) is 4.27. The fourth-order valence-electron chi connectivity index (χ4n) is 3.13. The Balaban J connectivity index is 2.06. The number of esters is 1. The number of ether oxygens (including phenoxy) is 1. The smallest absolute Gasteiger partial charge is 0.313 e. The Kier molecular flexibility index (Phi) is 6.62. The molecule has 116 valence electrons. The summed E-state index contributed by atoms with van der Waals surface area (Å²) in [4.78, 5) is 12.6. The Bertz CT molecular complexity index is 424. The zero-order valence-corrected chi connectivity index (χ0v) is 14.0. The second kappa shape index (κ2) is 8.47. The molecule has 2 rings (SSSR count). The van der Waals surface area contributed by atoms with Gasteiger partial charge in [0.05, 0.1) is 18.4 Å². The summed E-state index contributed by atoms with van der Waals surface area (Å²) in [5, 5.41) is 0. The van der Waals surface area contributed by atoms with Crippen LogP contribution in [0, 0.1) is 5.92 Å². The van der Waals surface area contributed by atoms with Crippen molar-refractivity contribution < 1.29 is 9.53 Å². The molecule has 2 nitrogen and oxygen atoms in total. The van der Waals surface area contributed by atoms with E-state index in [1.807, 2.05) is 18.2 Å². The number of hydrogen-bond acceptors (Lipinski definition) is 2. The van der Waals surface area contributed by atoms with Crippen molar-refractivity contribution in [2.24, 2.45) is 5.92 Å². The molecule has 0 aromatic heterocycles. The van der Waals surface area contributed by atoms with E-state index in [1.54, 1.807) is 0 Å². The largest absolute Gasteiger partial charge is 0.460 e. The van der Waals surface area contributed by atoms with Gasteiger partial charge in [-0.05, 0) is 35.2 Å². The van der Waals surface area contributed by atoms with Crippen LogP contribution in [0.1, 0.15) is 43.6 Å². The zero-order chi connectivity index (χ0) is 15.1. The third-order valence-corrected chi connectivity index (χ3v) is 5.25. The number of carbonyl (C=O) groups excluding carboxylic acids is 1. The van der Waals surface area contributed by atoms with Gasteiger partial charge in [0, 0.05) is 0 Å². The maximum absolute atomic E-state index is 12.6. The van der Waals surface area contributed by atoms with Crippen LogP contribution in [0.2, 0.25) is 0 Å². The molecule has 1 aromatic rings. The van der Waals surface area contributed by atoms with Crippen molar-refractivity contribution in [3.8, 4) is 0 Å². The highest BCUT2D eigenvalue weighted by atomic mass is 32.2. The van der Waals surface area contributed by atoms with Gasteiger partial charge in [0.2, 0.25) is 0 Å². The number of benzene rings is 1. The lowest BCUT2D eigenvalue weighted by Gasteiger charge is -2.29. The SMILES string of the molecule is C[S+](C)CCOC(=O)[C@@H](c1ccccc1)C1CCCCC1. The van der Waals surface area contributed by atoms with Gasteiger partial charge in [-0.1, -0.05) is 49.6 Å². The van der Waals surface area contributed by atoms with Crippen LogP contribution in [0.15, 0.2) is 30.3 Å². The highest BCUT2D eigenvalue weighted by Crippen LogP contribution is 2.36. The maximum Gasteiger partial charge on any atom is 0.313 e. The molecular formula is C18H27O2S+. The Morgan fingerprint density at radius 1 is 1.19 bits per heavy atom. The highest BCUT2D eigenvalue weighted by Gasteiger charge is 2.32. The van der Waals surface area contributed by atoms with E-state index in [-0.39, 0.29) is 11.9 Å². The van der Waals surface area contributed by atoms with E-state index in [4.69, 9.17) is 4.74 Å². The molecule has 0 bridgehead atoms. The van der Waals surface area contributed by atoms with Gasteiger partial charge < -0.3 is 4.74 Å². The lowest BCUT2D eigenvalue weighted by Crippen LogP contribution is -2.27. The van der Waals surface area contributed by atoms with E-state index in [0.29, 0.717) is 23.4 Å². The van der Waals surface area contributed by atoms with Crippen LogP contribution < -0.4 is 0 Å². The van der Waals surface area contributed by atoms with Crippen LogP contribution in [0.4, 0.5) is 0 Å². The van der Waals surface area contributed by atoms with Crippen LogP contribution in [0.3, 0.4) is 0 Å². The monoisotopic (exact) mass is 307 g/mol. The fourth-order valence-corrected chi connectivity index (χ4v) is 3.54. The molecule has 0 radical (unpaired) electrons. The van der Waals surface area contributed by atoms with E-state index in [9.17, 15) is 4.79 Å². The van der Waals surface area contributed by atoms with E-state index in [1.165, 1.54) is 19.3 Å². The highest BCUT2D eigenvalue weighted by molar-refractivity contribution is 7.95. The van der Waals surface area contributed by atoms with Gasteiger partial charge in [0.1, 0.15) is 12.4 Å². The number of carbonyl (C=O) groups is 1. The van der Waals surface area contributed by atoms with Crippen molar-refractivity contribution >= 4 is 16.9 Å². The minimum atomic E-state index is -0.0676. The van der Waals surface area contributed by atoms with Gasteiger partial charge in [-0.2, -0.15) is 0 Å². The molecule has 0 spiro atoms. The molecule has 0 heterocycles. The van der Waals surface area contributed by atoms with Crippen LogP contribution in [0.25, 0.3) is 0 Å². The Hall–Kier alpha value is -0.960. The Labute approximate surface area is 131 Å². The van der Waals surface area contributed by atoms with Gasteiger partial charge in [-0.15, -0.1) is 0 Å². The van der Waals surface area contributed by atoms with Crippen molar-refractivity contribution in [2.75, 3.05) is 24.9 Å². The summed E-state index contributed by atoms with van der Waals surface area (Å²) in [6.45, 7) is 0.561. The van der Waals surface area contributed by atoms with Gasteiger partial charge in [-0.25, -0.2) is 0 Å². The average molecular weight is 307 g/mol. The summed E-state index contributed by atoms with van der Waals surface area (Å²) in [6.07, 6.45) is 10.5. The summed E-state index contributed by atoms with van der Waals surface area (Å²) in [7, 11) is 0.328. The first-order valence-electron chi connectivity index (χ1n) is 7.94. The molecule has 1 aliphatic carbocycles. The standard InChI is InChI=1S/C18H27O2S/c1-21(2)14-13-20-18(19)17(15-9-5-3-6-10-15)16-11-7-4-8-12-16/h3,5-6,9-10,16-17H,4,7-8,11-14H2,1-2H3/q+1/t17-/m0/s1. The van der Waals surface area contributed by atoms with Crippen molar-refractivity contribution in [2.45, 2.75) is 38.0 Å². The van der Waals surface area contributed by atoms with Gasteiger partial charge in [-0.3, -0.25) is 4.79 Å². The predicted molar refractivity (Wildman–Crippen MR) is 90.8 cm³/mol. The molecule has 1 atom stereocenters. The molecule has 1 fully saturated rings. The molecule has 1 aliphatic rings. The first-order chi connectivity index (χ1) is 10.2. The fraction of sp³-hybridized carbons (Fsp3) is 0.611. The second-order valence-corrected chi connectivity index (χ2v) is 8.52. The summed E-state index contributed by atoms with van der Waals surface area (Å²) in [5.74, 6) is 1.34. The first-order valence-corrected chi connectivity index (χ1v) is 10.2. The zero-order valence-electron chi connectivity index (χ0n) is 13.2. The molecule has 0 aliphatic heterocycles. The maximum atomic E-state index is 12.6. The first kappa shape index (κ1) is 16.4. The molecule has 0 amide bonds. The van der Waals surface area contributed by atoms with Crippen LogP contribution in [0.5, 0.6) is 0 Å². The van der Waals surface area contributed by atoms with E-state index in [2.05, 4.69) is 24.6 Å². The third kappa shape index (κ3) is 5.06.